The second-order valence-corrected chi connectivity index (χ2v) is 3.13. The Bertz CT molecular complexity index is 442. The van der Waals surface area contributed by atoms with Crippen molar-refractivity contribution in [3.63, 3.8) is 0 Å². The first kappa shape index (κ1) is 8.41. The molecular weight excluding hydrogens is 186 g/mol. The van der Waals surface area contributed by atoms with Crippen LogP contribution in [-0.2, 0) is 6.54 Å². The number of nitrogens with zero attached hydrogens (tertiary/aromatic N) is 2. The highest BCUT2D eigenvalue weighted by molar-refractivity contribution is 6.31. The molecule has 0 atom stereocenters. The molecule has 1 heterocycles. The molecule has 0 unspecified atom stereocenters. The van der Waals surface area contributed by atoms with Crippen molar-refractivity contribution in [2.75, 3.05) is 0 Å². The molecule has 13 heavy (non-hydrogen) atoms. The second kappa shape index (κ2) is 3.28. The van der Waals surface area contributed by atoms with Gasteiger partial charge in [-0.1, -0.05) is 11.6 Å². The van der Waals surface area contributed by atoms with E-state index in [-0.39, 0.29) is 0 Å². The normalized spacial score (nSPS) is 10.6. The summed E-state index contributed by atoms with van der Waals surface area (Å²) in [5, 5.41) is 1.65. The first-order valence-corrected chi connectivity index (χ1v) is 4.28. The van der Waals surface area contributed by atoms with Crippen LogP contribution in [0.4, 0.5) is 0 Å². The molecule has 4 heteroatoms. The van der Waals surface area contributed by atoms with Crippen LogP contribution in [0.2, 0.25) is 5.02 Å². The van der Waals surface area contributed by atoms with Crippen LogP contribution in [0.15, 0.2) is 24.4 Å². The minimum atomic E-state index is 0.350. The molecule has 66 valence electrons. The van der Waals surface area contributed by atoms with Crippen LogP contribution in [-0.4, -0.2) is 9.97 Å². The number of benzene rings is 1. The predicted octanol–water partition coefficient (Wildman–Crippen LogP) is 1.74. The molecule has 2 rings (SSSR count). The zero-order chi connectivity index (χ0) is 9.26. The number of hydrogen-bond acceptors (Lipinski definition) is 3. The van der Waals surface area contributed by atoms with E-state index in [1.807, 2.05) is 12.1 Å². The van der Waals surface area contributed by atoms with Crippen LogP contribution < -0.4 is 5.73 Å². The molecule has 0 bridgehead atoms. The van der Waals surface area contributed by atoms with Gasteiger partial charge in [-0.05, 0) is 18.2 Å². The van der Waals surface area contributed by atoms with Gasteiger partial charge in [-0.2, -0.15) is 0 Å². The quantitative estimate of drug-likeness (QED) is 0.751. The lowest BCUT2D eigenvalue weighted by Crippen LogP contribution is -2.02. The van der Waals surface area contributed by atoms with E-state index >= 15 is 0 Å². The maximum atomic E-state index is 5.82. The number of halogens is 1. The van der Waals surface area contributed by atoms with Crippen molar-refractivity contribution >= 4 is 22.5 Å². The van der Waals surface area contributed by atoms with Gasteiger partial charge in [-0.15, -0.1) is 0 Å². The molecule has 1 aromatic carbocycles. The number of fused-ring (bicyclic) bond motifs is 1. The fraction of sp³-hybridized carbons (Fsp3) is 0.111. The summed E-state index contributed by atoms with van der Waals surface area (Å²) < 4.78 is 0. The lowest BCUT2D eigenvalue weighted by Gasteiger charge is -1.99. The van der Waals surface area contributed by atoms with Crippen molar-refractivity contribution < 1.29 is 0 Å². The van der Waals surface area contributed by atoms with E-state index < -0.39 is 0 Å². The largest absolute Gasteiger partial charge is 0.324 e. The molecule has 0 amide bonds. The van der Waals surface area contributed by atoms with Crippen molar-refractivity contribution in [2.24, 2.45) is 5.73 Å². The van der Waals surface area contributed by atoms with Gasteiger partial charge in [0.05, 0.1) is 12.1 Å². The van der Waals surface area contributed by atoms with Gasteiger partial charge in [0, 0.05) is 16.6 Å². The molecule has 0 aliphatic carbocycles. The lowest BCUT2D eigenvalue weighted by molar-refractivity contribution is 0.926. The van der Waals surface area contributed by atoms with Gasteiger partial charge >= 0.3 is 0 Å². The Hall–Kier alpha value is -1.19. The van der Waals surface area contributed by atoms with E-state index in [1.165, 1.54) is 0 Å². The SMILES string of the molecule is NCc1ncc2ccc(Cl)cc2n1. The molecule has 0 fully saturated rings. The standard InChI is InChI=1S/C9H8ClN3/c10-7-2-1-6-5-12-9(4-11)13-8(6)3-7/h1-3,5H,4,11H2. The number of hydrogen-bond donors (Lipinski definition) is 1. The Morgan fingerprint density at radius 3 is 3.00 bits per heavy atom. The second-order valence-electron chi connectivity index (χ2n) is 2.69. The number of nitrogens with two attached hydrogens (primary N) is 1. The minimum absolute atomic E-state index is 0.350. The Morgan fingerprint density at radius 2 is 2.23 bits per heavy atom. The van der Waals surface area contributed by atoms with E-state index in [4.69, 9.17) is 17.3 Å². The molecule has 0 saturated carbocycles. The average Bonchev–Trinajstić information content (AvgIpc) is 2.16. The van der Waals surface area contributed by atoms with Crippen molar-refractivity contribution in [1.82, 2.24) is 9.97 Å². The van der Waals surface area contributed by atoms with Crippen LogP contribution in [0.5, 0.6) is 0 Å². The molecular formula is C9H8ClN3. The summed E-state index contributed by atoms with van der Waals surface area (Å²) in [4.78, 5) is 8.31. The zero-order valence-electron chi connectivity index (χ0n) is 6.87. The van der Waals surface area contributed by atoms with Crippen molar-refractivity contribution in [3.8, 4) is 0 Å². The maximum Gasteiger partial charge on any atom is 0.142 e. The van der Waals surface area contributed by atoms with Gasteiger partial charge in [0.25, 0.3) is 0 Å². The van der Waals surface area contributed by atoms with Crippen LogP contribution in [0.3, 0.4) is 0 Å². The van der Waals surface area contributed by atoms with Gasteiger partial charge in [-0.3, -0.25) is 0 Å². The molecule has 0 saturated heterocycles. The summed E-state index contributed by atoms with van der Waals surface area (Å²) >= 11 is 5.82. The first-order valence-electron chi connectivity index (χ1n) is 3.91. The molecule has 3 nitrogen and oxygen atoms in total. The zero-order valence-corrected chi connectivity index (χ0v) is 7.62. The van der Waals surface area contributed by atoms with Crippen LogP contribution in [0, 0.1) is 0 Å². The Labute approximate surface area is 80.6 Å². The first-order chi connectivity index (χ1) is 6.29. The average molecular weight is 194 g/mol. The summed E-state index contributed by atoms with van der Waals surface area (Å²) in [5.41, 5.74) is 6.26. The summed E-state index contributed by atoms with van der Waals surface area (Å²) in [6.07, 6.45) is 1.75. The van der Waals surface area contributed by atoms with E-state index in [0.717, 1.165) is 10.9 Å². The molecule has 0 radical (unpaired) electrons. The smallest absolute Gasteiger partial charge is 0.142 e. The predicted molar refractivity (Wildman–Crippen MR) is 52.4 cm³/mol. The van der Waals surface area contributed by atoms with Crippen molar-refractivity contribution in [1.29, 1.82) is 0 Å². The van der Waals surface area contributed by atoms with Crippen molar-refractivity contribution in [2.45, 2.75) is 6.54 Å². The molecule has 2 N–H and O–H groups in total. The fourth-order valence-corrected chi connectivity index (χ4v) is 1.30. The summed E-state index contributed by atoms with van der Waals surface area (Å²) in [7, 11) is 0. The summed E-state index contributed by atoms with van der Waals surface area (Å²) in [6, 6.07) is 5.51. The molecule has 2 aromatic rings. The highest BCUT2D eigenvalue weighted by Gasteiger charge is 1.98. The Morgan fingerprint density at radius 1 is 1.38 bits per heavy atom. The summed E-state index contributed by atoms with van der Waals surface area (Å²) in [5.74, 6) is 0.634. The maximum absolute atomic E-state index is 5.82. The van der Waals surface area contributed by atoms with Gasteiger partial charge in [0.15, 0.2) is 0 Å². The number of rotatable bonds is 1. The molecule has 0 aliphatic rings. The van der Waals surface area contributed by atoms with Gasteiger partial charge < -0.3 is 5.73 Å². The van der Waals surface area contributed by atoms with E-state index in [0.29, 0.717) is 17.4 Å². The van der Waals surface area contributed by atoms with Crippen molar-refractivity contribution in [3.05, 3.63) is 35.2 Å². The monoisotopic (exact) mass is 193 g/mol. The van der Waals surface area contributed by atoms with Crippen LogP contribution in [0.25, 0.3) is 10.9 Å². The molecule has 1 aromatic heterocycles. The van der Waals surface area contributed by atoms with Gasteiger partial charge in [0.1, 0.15) is 5.82 Å². The highest BCUT2D eigenvalue weighted by atomic mass is 35.5. The topological polar surface area (TPSA) is 51.8 Å². The third-order valence-electron chi connectivity index (χ3n) is 1.78. The van der Waals surface area contributed by atoms with E-state index in [2.05, 4.69) is 9.97 Å². The number of aromatic nitrogens is 2. The van der Waals surface area contributed by atoms with Crippen LogP contribution >= 0.6 is 11.6 Å². The molecule has 0 aliphatic heterocycles. The molecule has 0 spiro atoms. The Balaban J connectivity index is 2.68. The third-order valence-corrected chi connectivity index (χ3v) is 2.01. The third kappa shape index (κ3) is 1.61. The summed E-state index contributed by atoms with van der Waals surface area (Å²) in [6.45, 7) is 0.350. The fourth-order valence-electron chi connectivity index (χ4n) is 1.13. The Kier molecular flexibility index (Phi) is 2.12. The van der Waals surface area contributed by atoms with Gasteiger partial charge in [0.2, 0.25) is 0 Å². The van der Waals surface area contributed by atoms with Crippen LogP contribution in [0.1, 0.15) is 5.82 Å². The lowest BCUT2D eigenvalue weighted by atomic mass is 10.2. The van der Waals surface area contributed by atoms with E-state index in [1.54, 1.807) is 12.3 Å². The highest BCUT2D eigenvalue weighted by Crippen LogP contribution is 2.16. The van der Waals surface area contributed by atoms with E-state index in [9.17, 15) is 0 Å². The van der Waals surface area contributed by atoms with Gasteiger partial charge in [-0.25, -0.2) is 9.97 Å². The minimum Gasteiger partial charge on any atom is -0.324 e.